The van der Waals surface area contributed by atoms with Crippen LogP contribution in [0.3, 0.4) is 0 Å². The van der Waals surface area contributed by atoms with Gasteiger partial charge in [0.25, 0.3) is 5.91 Å². The zero-order valence-corrected chi connectivity index (χ0v) is 15.1. The molecule has 3 N–H and O–H groups in total. The molecule has 1 aliphatic carbocycles. The van der Waals surface area contributed by atoms with Gasteiger partial charge in [0.05, 0.1) is 6.61 Å². The third-order valence-corrected chi connectivity index (χ3v) is 5.72. The minimum absolute atomic E-state index is 0.0366. The molecule has 140 valence electrons. The Morgan fingerprint density at radius 3 is 2.81 bits per heavy atom. The number of aromatic nitrogens is 3. The Kier molecular flexibility index (Phi) is 4.97. The van der Waals surface area contributed by atoms with E-state index < -0.39 is 6.10 Å². The fourth-order valence-electron chi connectivity index (χ4n) is 2.94. The number of hydrogen-bond acceptors (Lipinski definition) is 8. The first kappa shape index (κ1) is 17.8. The van der Waals surface area contributed by atoms with Crippen LogP contribution in [0.4, 0.5) is 0 Å². The van der Waals surface area contributed by atoms with Gasteiger partial charge in [-0.15, -0.1) is 10.2 Å². The molecule has 2 aromatic heterocycles. The number of carbonyl (C=O) groups excluding carboxylic acids is 1. The molecule has 1 aromatic carbocycles. The van der Waals surface area contributed by atoms with Gasteiger partial charge < -0.3 is 20.1 Å². The maximum Gasteiger partial charge on any atom is 0.273 e. The van der Waals surface area contributed by atoms with E-state index in [-0.39, 0.29) is 30.2 Å². The number of amides is 1. The third kappa shape index (κ3) is 3.75. The lowest BCUT2D eigenvalue weighted by Crippen LogP contribution is -2.43. The maximum atomic E-state index is 12.3. The van der Waals surface area contributed by atoms with Gasteiger partial charge in [0.2, 0.25) is 0 Å². The van der Waals surface area contributed by atoms with E-state index in [0.717, 1.165) is 23.4 Å². The van der Waals surface area contributed by atoms with Crippen LogP contribution >= 0.6 is 11.3 Å². The molecule has 9 heteroatoms. The summed E-state index contributed by atoms with van der Waals surface area (Å²) in [5.74, 6) is 0.485. The molecule has 27 heavy (non-hydrogen) atoms. The van der Waals surface area contributed by atoms with E-state index in [4.69, 9.17) is 9.63 Å². The summed E-state index contributed by atoms with van der Waals surface area (Å²) in [6.45, 7) is -0.374. The van der Waals surface area contributed by atoms with Gasteiger partial charge >= 0.3 is 0 Å². The van der Waals surface area contributed by atoms with Gasteiger partial charge in [-0.05, 0) is 12.8 Å². The summed E-state index contributed by atoms with van der Waals surface area (Å²) in [4.78, 5) is 12.3. The second-order valence-electron chi connectivity index (χ2n) is 6.46. The fraction of sp³-hybridized carbons (Fsp3) is 0.333. The Morgan fingerprint density at radius 2 is 2.07 bits per heavy atom. The molecule has 0 bridgehead atoms. The van der Waals surface area contributed by atoms with Crippen LogP contribution in [-0.4, -0.2) is 44.1 Å². The van der Waals surface area contributed by atoms with Crippen molar-refractivity contribution < 1.29 is 19.5 Å². The monoisotopic (exact) mass is 386 g/mol. The van der Waals surface area contributed by atoms with Crippen molar-refractivity contribution >= 4 is 17.2 Å². The molecule has 1 atom stereocenters. The molecule has 1 aliphatic rings. The van der Waals surface area contributed by atoms with Crippen molar-refractivity contribution in [2.45, 2.75) is 30.9 Å². The molecule has 0 saturated heterocycles. The lowest BCUT2D eigenvalue weighted by atomic mass is 9.80. The van der Waals surface area contributed by atoms with E-state index in [2.05, 4.69) is 20.7 Å². The van der Waals surface area contributed by atoms with E-state index in [0.29, 0.717) is 10.8 Å². The highest BCUT2D eigenvalue weighted by atomic mass is 32.1. The van der Waals surface area contributed by atoms with Crippen LogP contribution in [0.1, 0.15) is 45.4 Å². The molecule has 2 heterocycles. The number of benzene rings is 1. The summed E-state index contributed by atoms with van der Waals surface area (Å²) in [5, 5.41) is 34.5. The van der Waals surface area contributed by atoms with Crippen molar-refractivity contribution in [3.8, 4) is 11.3 Å². The van der Waals surface area contributed by atoms with E-state index in [1.54, 1.807) is 6.07 Å². The molecular weight excluding hydrogens is 368 g/mol. The highest BCUT2D eigenvalue weighted by Crippen LogP contribution is 2.39. The van der Waals surface area contributed by atoms with Crippen LogP contribution in [0.25, 0.3) is 11.3 Å². The largest absolute Gasteiger partial charge is 0.393 e. The average Bonchev–Trinajstić information content (AvgIpc) is 3.34. The van der Waals surface area contributed by atoms with Crippen molar-refractivity contribution in [3.05, 3.63) is 52.1 Å². The topological polar surface area (TPSA) is 121 Å². The van der Waals surface area contributed by atoms with Gasteiger partial charge in [0.1, 0.15) is 16.1 Å². The smallest absolute Gasteiger partial charge is 0.273 e. The first-order chi connectivity index (χ1) is 13.1. The summed E-state index contributed by atoms with van der Waals surface area (Å²) in [6, 6.07) is 11.1. The van der Waals surface area contributed by atoms with Gasteiger partial charge in [-0.25, -0.2) is 0 Å². The molecule has 0 spiro atoms. The molecule has 1 amide bonds. The normalized spacial score (nSPS) is 20.1. The van der Waals surface area contributed by atoms with Crippen LogP contribution in [0, 0.1) is 0 Å². The van der Waals surface area contributed by atoms with Gasteiger partial charge in [-0.3, -0.25) is 4.79 Å². The zero-order chi connectivity index (χ0) is 18.8. The Morgan fingerprint density at radius 1 is 1.30 bits per heavy atom. The van der Waals surface area contributed by atoms with Crippen LogP contribution in [0.2, 0.25) is 0 Å². The molecule has 1 fully saturated rings. The van der Waals surface area contributed by atoms with E-state index >= 15 is 0 Å². The lowest BCUT2D eigenvalue weighted by Gasteiger charge is -2.33. The highest BCUT2D eigenvalue weighted by Gasteiger charge is 2.35. The van der Waals surface area contributed by atoms with Crippen LogP contribution in [0.15, 0.2) is 40.9 Å². The Hall–Kier alpha value is -2.62. The molecule has 8 nitrogen and oxygen atoms in total. The lowest BCUT2D eigenvalue weighted by molar-refractivity contribution is 0.0899. The number of aliphatic hydroxyl groups is 2. The molecule has 3 aromatic rings. The van der Waals surface area contributed by atoms with Crippen LogP contribution in [-0.2, 0) is 0 Å². The van der Waals surface area contributed by atoms with Crippen LogP contribution in [0.5, 0.6) is 0 Å². The molecule has 0 radical (unpaired) electrons. The average molecular weight is 386 g/mol. The third-order valence-electron chi connectivity index (χ3n) is 4.54. The second-order valence-corrected chi connectivity index (χ2v) is 7.50. The first-order valence-corrected chi connectivity index (χ1v) is 9.41. The highest BCUT2D eigenvalue weighted by molar-refractivity contribution is 7.11. The summed E-state index contributed by atoms with van der Waals surface area (Å²) in [6.07, 6.45) is 0.510. The quantitative estimate of drug-likeness (QED) is 0.591. The summed E-state index contributed by atoms with van der Waals surface area (Å²) in [5.41, 5.74) is 1.12. The number of carbonyl (C=O) groups is 1. The minimum atomic E-state index is -0.988. The maximum absolute atomic E-state index is 12.3. The van der Waals surface area contributed by atoms with Crippen molar-refractivity contribution in [2.75, 3.05) is 6.61 Å². The summed E-state index contributed by atoms with van der Waals surface area (Å²) < 4.78 is 5.26. The van der Waals surface area contributed by atoms with E-state index in [1.165, 1.54) is 11.3 Å². The number of rotatable bonds is 6. The van der Waals surface area contributed by atoms with E-state index in [1.807, 2.05) is 30.3 Å². The molecular formula is C18H18N4O4S. The van der Waals surface area contributed by atoms with Gasteiger partial charge in [-0.2, -0.15) is 0 Å². The van der Waals surface area contributed by atoms with Gasteiger partial charge in [0, 0.05) is 23.6 Å². The molecule has 1 saturated carbocycles. The number of aliphatic hydroxyl groups excluding tert-OH is 2. The zero-order valence-electron chi connectivity index (χ0n) is 14.3. The van der Waals surface area contributed by atoms with Crippen molar-refractivity contribution in [1.82, 2.24) is 20.7 Å². The van der Waals surface area contributed by atoms with Gasteiger partial charge in [-0.1, -0.05) is 46.8 Å². The van der Waals surface area contributed by atoms with Gasteiger partial charge in [0.15, 0.2) is 11.5 Å². The molecule has 0 aliphatic heterocycles. The predicted molar refractivity (Wildman–Crippen MR) is 97.1 cm³/mol. The SMILES string of the molecule is O=C(NC1CC(c2nnc([C@H](O)CO)s2)C1)c1cc(-c2ccccc2)on1. The number of nitrogens with zero attached hydrogens (tertiary/aromatic N) is 3. The summed E-state index contributed by atoms with van der Waals surface area (Å²) >= 11 is 1.30. The Bertz CT molecular complexity index is 920. The van der Waals surface area contributed by atoms with Crippen LogP contribution < -0.4 is 5.32 Å². The fourth-order valence-corrected chi connectivity index (χ4v) is 3.89. The van der Waals surface area contributed by atoms with Crippen molar-refractivity contribution in [2.24, 2.45) is 0 Å². The molecule has 4 rings (SSSR count). The number of hydrogen-bond donors (Lipinski definition) is 3. The van der Waals surface area contributed by atoms with Crippen molar-refractivity contribution in [1.29, 1.82) is 0 Å². The molecule has 0 unspecified atom stereocenters. The Balaban J connectivity index is 1.32. The Labute approximate surface area is 158 Å². The number of nitrogens with one attached hydrogen (secondary N) is 1. The first-order valence-electron chi connectivity index (χ1n) is 8.59. The van der Waals surface area contributed by atoms with E-state index in [9.17, 15) is 9.90 Å². The van der Waals surface area contributed by atoms with Crippen molar-refractivity contribution in [3.63, 3.8) is 0 Å². The summed E-state index contributed by atoms with van der Waals surface area (Å²) in [7, 11) is 0. The second kappa shape index (κ2) is 7.55. The standard InChI is InChI=1S/C18H18N4O4S/c23-9-14(24)18-21-20-17(27-18)11-6-12(7-11)19-16(25)13-8-15(26-22-13)10-4-2-1-3-5-10/h1-5,8,11-12,14,23-24H,6-7,9H2,(H,19,25)/t11?,12?,14-/m1/s1. The predicted octanol–water partition coefficient (Wildman–Crippen LogP) is 1.89. The minimum Gasteiger partial charge on any atom is -0.393 e.